The topological polar surface area (TPSA) is 55.1 Å². The van der Waals surface area contributed by atoms with Crippen LogP contribution in [0.5, 0.6) is 0 Å². The van der Waals surface area contributed by atoms with Crippen LogP contribution in [-0.4, -0.2) is 5.91 Å². The van der Waals surface area contributed by atoms with E-state index in [4.69, 9.17) is 5.73 Å². The molecule has 1 fully saturated rings. The average molecular weight is 362 g/mol. The molecule has 6 heteroatoms. The van der Waals surface area contributed by atoms with Gasteiger partial charge < -0.3 is 11.1 Å². The van der Waals surface area contributed by atoms with Crippen LogP contribution in [0.25, 0.3) is 0 Å². The first kappa shape index (κ1) is 18.3. The normalized spacial score (nSPS) is 16.0. The Kier molecular flexibility index (Phi) is 4.94. The lowest BCUT2D eigenvalue weighted by molar-refractivity contribution is -0.137. The van der Waals surface area contributed by atoms with Crippen molar-refractivity contribution in [2.24, 2.45) is 0 Å². The van der Waals surface area contributed by atoms with Crippen molar-refractivity contribution in [3.63, 3.8) is 0 Å². The number of benzene rings is 2. The number of halogens is 3. The summed E-state index contributed by atoms with van der Waals surface area (Å²) in [6.07, 6.45) is -1.48. The van der Waals surface area contributed by atoms with E-state index in [1.165, 1.54) is 6.07 Å². The van der Waals surface area contributed by atoms with E-state index in [-0.39, 0.29) is 12.3 Å². The number of alkyl halides is 3. The molecule has 1 aliphatic carbocycles. The molecule has 138 valence electrons. The zero-order valence-corrected chi connectivity index (χ0v) is 14.3. The largest absolute Gasteiger partial charge is 0.416 e. The van der Waals surface area contributed by atoms with Gasteiger partial charge in [0, 0.05) is 12.1 Å². The molecule has 0 aliphatic heterocycles. The van der Waals surface area contributed by atoms with Gasteiger partial charge in [-0.3, -0.25) is 4.79 Å². The van der Waals surface area contributed by atoms with Gasteiger partial charge in [-0.25, -0.2) is 0 Å². The van der Waals surface area contributed by atoms with Gasteiger partial charge in [0.25, 0.3) is 0 Å². The summed E-state index contributed by atoms with van der Waals surface area (Å²) < 4.78 is 39.0. The Hall–Kier alpha value is -2.50. The summed E-state index contributed by atoms with van der Waals surface area (Å²) >= 11 is 0. The highest BCUT2D eigenvalue weighted by atomic mass is 19.4. The standard InChI is InChI=1S/C20H21F3N2O/c21-20(22,23)16-7-3-6-15(13-16)19(11-4-12-19)25-18(26)10-9-14-5-1-2-8-17(14)24/h1-3,5-8,13H,4,9-12,24H2,(H,25,26). The van der Waals surface area contributed by atoms with Gasteiger partial charge in [-0.05, 0) is 55.0 Å². The molecular weight excluding hydrogens is 341 g/mol. The van der Waals surface area contributed by atoms with Crippen LogP contribution in [0, 0.1) is 0 Å². The van der Waals surface area contributed by atoms with Gasteiger partial charge in [0.05, 0.1) is 11.1 Å². The molecule has 3 N–H and O–H groups in total. The Labute approximate surface area is 150 Å². The number of carbonyl (C=O) groups is 1. The maximum atomic E-state index is 13.0. The summed E-state index contributed by atoms with van der Waals surface area (Å²) in [7, 11) is 0. The fourth-order valence-electron chi connectivity index (χ4n) is 3.35. The lowest BCUT2D eigenvalue weighted by Crippen LogP contribution is -2.50. The number of carbonyl (C=O) groups excluding carboxylic acids is 1. The molecule has 0 saturated heterocycles. The third-order valence-electron chi connectivity index (χ3n) is 5.00. The van der Waals surface area contributed by atoms with Crippen LogP contribution in [0.2, 0.25) is 0 Å². The number of rotatable bonds is 5. The van der Waals surface area contributed by atoms with E-state index >= 15 is 0 Å². The zero-order valence-electron chi connectivity index (χ0n) is 14.3. The van der Waals surface area contributed by atoms with E-state index in [0.29, 0.717) is 30.5 Å². The number of nitrogens with one attached hydrogen (secondary N) is 1. The first-order valence-electron chi connectivity index (χ1n) is 8.62. The maximum absolute atomic E-state index is 13.0. The summed E-state index contributed by atoms with van der Waals surface area (Å²) in [5.74, 6) is -0.176. The Balaban J connectivity index is 1.71. The molecule has 1 amide bonds. The summed E-state index contributed by atoms with van der Waals surface area (Å²) in [5, 5.41) is 2.97. The molecular formula is C20H21F3N2O. The lowest BCUT2D eigenvalue weighted by Gasteiger charge is -2.43. The van der Waals surface area contributed by atoms with Crippen LogP contribution in [0.15, 0.2) is 48.5 Å². The van der Waals surface area contributed by atoms with Gasteiger partial charge in [0.2, 0.25) is 5.91 Å². The molecule has 0 spiro atoms. The van der Waals surface area contributed by atoms with E-state index in [1.807, 2.05) is 18.2 Å². The van der Waals surface area contributed by atoms with Crippen molar-refractivity contribution in [2.75, 3.05) is 5.73 Å². The number of nitrogen functional groups attached to an aromatic ring is 1. The van der Waals surface area contributed by atoms with Gasteiger partial charge >= 0.3 is 6.18 Å². The molecule has 26 heavy (non-hydrogen) atoms. The van der Waals surface area contributed by atoms with Crippen molar-refractivity contribution < 1.29 is 18.0 Å². The minimum atomic E-state index is -4.39. The number of hydrogen-bond donors (Lipinski definition) is 2. The molecule has 1 aliphatic rings. The predicted octanol–water partition coefficient (Wildman–Crippen LogP) is 4.42. The zero-order chi connectivity index (χ0) is 18.8. The molecule has 3 rings (SSSR count). The van der Waals surface area contributed by atoms with Crippen LogP contribution < -0.4 is 11.1 Å². The van der Waals surface area contributed by atoms with E-state index in [1.54, 1.807) is 12.1 Å². The molecule has 0 atom stereocenters. The summed E-state index contributed by atoms with van der Waals surface area (Å²) in [6.45, 7) is 0. The first-order chi connectivity index (χ1) is 12.3. The van der Waals surface area contributed by atoms with Crippen molar-refractivity contribution >= 4 is 11.6 Å². The van der Waals surface area contributed by atoms with Crippen molar-refractivity contribution in [3.8, 4) is 0 Å². The van der Waals surface area contributed by atoms with Gasteiger partial charge in [-0.15, -0.1) is 0 Å². The Bertz CT molecular complexity index is 798. The number of anilines is 1. The van der Waals surface area contributed by atoms with Gasteiger partial charge in [0.15, 0.2) is 0 Å². The molecule has 0 radical (unpaired) electrons. The summed E-state index contributed by atoms with van der Waals surface area (Å²) in [5.41, 5.74) is 6.55. The van der Waals surface area contributed by atoms with E-state index in [9.17, 15) is 18.0 Å². The third-order valence-corrected chi connectivity index (χ3v) is 5.00. The highest BCUT2D eigenvalue weighted by Gasteiger charge is 2.41. The predicted molar refractivity (Wildman–Crippen MR) is 94.3 cm³/mol. The number of amides is 1. The van der Waals surface area contributed by atoms with Crippen LogP contribution in [-0.2, 0) is 22.9 Å². The summed E-state index contributed by atoms with van der Waals surface area (Å²) in [4.78, 5) is 12.4. The molecule has 0 heterocycles. The number of hydrogen-bond acceptors (Lipinski definition) is 2. The number of aryl methyl sites for hydroxylation is 1. The molecule has 2 aromatic rings. The van der Waals surface area contributed by atoms with Crippen molar-refractivity contribution in [1.29, 1.82) is 0 Å². The fraction of sp³-hybridized carbons (Fsp3) is 0.350. The van der Waals surface area contributed by atoms with Gasteiger partial charge in [-0.1, -0.05) is 30.3 Å². The third kappa shape index (κ3) is 3.84. The minimum Gasteiger partial charge on any atom is -0.399 e. The van der Waals surface area contributed by atoms with Crippen LogP contribution >= 0.6 is 0 Å². The highest BCUT2D eigenvalue weighted by molar-refractivity contribution is 5.77. The number of nitrogens with two attached hydrogens (primary N) is 1. The van der Waals surface area contributed by atoms with Crippen LogP contribution in [0.1, 0.15) is 42.4 Å². The molecule has 2 aromatic carbocycles. The quantitative estimate of drug-likeness (QED) is 0.774. The van der Waals surface area contributed by atoms with Gasteiger partial charge in [0.1, 0.15) is 0 Å². The second kappa shape index (κ2) is 7.02. The van der Waals surface area contributed by atoms with E-state index in [2.05, 4.69) is 5.32 Å². The molecule has 0 unspecified atom stereocenters. The van der Waals surface area contributed by atoms with Crippen molar-refractivity contribution in [3.05, 3.63) is 65.2 Å². The molecule has 1 saturated carbocycles. The second-order valence-electron chi connectivity index (χ2n) is 6.76. The molecule has 0 bridgehead atoms. The number of para-hydroxylation sites is 1. The highest BCUT2D eigenvalue weighted by Crippen LogP contribution is 2.43. The van der Waals surface area contributed by atoms with Crippen molar-refractivity contribution in [1.82, 2.24) is 5.32 Å². The minimum absolute atomic E-state index is 0.176. The Morgan fingerprint density at radius 1 is 1.12 bits per heavy atom. The Morgan fingerprint density at radius 2 is 1.85 bits per heavy atom. The summed E-state index contributed by atoms with van der Waals surface area (Å²) in [6, 6.07) is 12.6. The Morgan fingerprint density at radius 3 is 2.46 bits per heavy atom. The van der Waals surface area contributed by atoms with Crippen molar-refractivity contribution in [2.45, 2.75) is 43.8 Å². The van der Waals surface area contributed by atoms with Gasteiger partial charge in [-0.2, -0.15) is 13.2 Å². The monoisotopic (exact) mass is 362 g/mol. The maximum Gasteiger partial charge on any atom is 0.416 e. The SMILES string of the molecule is Nc1ccccc1CCC(=O)NC1(c2cccc(C(F)(F)F)c2)CCC1. The lowest BCUT2D eigenvalue weighted by atomic mass is 9.71. The van der Waals surface area contributed by atoms with E-state index < -0.39 is 17.3 Å². The average Bonchev–Trinajstić information content (AvgIpc) is 2.57. The fourth-order valence-corrected chi connectivity index (χ4v) is 3.35. The van der Waals surface area contributed by atoms with Crippen LogP contribution in [0.3, 0.4) is 0 Å². The molecule has 0 aromatic heterocycles. The van der Waals surface area contributed by atoms with E-state index in [0.717, 1.165) is 24.1 Å². The first-order valence-corrected chi connectivity index (χ1v) is 8.62. The molecule has 3 nitrogen and oxygen atoms in total. The smallest absolute Gasteiger partial charge is 0.399 e. The second-order valence-corrected chi connectivity index (χ2v) is 6.76. The van der Waals surface area contributed by atoms with Crippen LogP contribution in [0.4, 0.5) is 18.9 Å².